The Morgan fingerprint density at radius 1 is 1.48 bits per heavy atom. The molecule has 21 heavy (non-hydrogen) atoms. The summed E-state index contributed by atoms with van der Waals surface area (Å²) in [4.78, 5) is 20.4. The summed E-state index contributed by atoms with van der Waals surface area (Å²) < 4.78 is 5.42. The van der Waals surface area contributed by atoms with E-state index < -0.39 is 0 Å². The van der Waals surface area contributed by atoms with Crippen molar-refractivity contribution in [1.29, 1.82) is 0 Å². The fourth-order valence-electron chi connectivity index (χ4n) is 2.37. The summed E-state index contributed by atoms with van der Waals surface area (Å²) in [6.07, 6.45) is 6.59. The first-order valence-electron chi connectivity index (χ1n) is 6.67. The summed E-state index contributed by atoms with van der Waals surface area (Å²) in [6.45, 7) is 0.886. The molecule has 3 rings (SSSR count). The minimum absolute atomic E-state index is 0. The van der Waals surface area contributed by atoms with Crippen molar-refractivity contribution in [3.63, 3.8) is 0 Å². The number of rotatable bonds is 4. The third-order valence-corrected chi connectivity index (χ3v) is 3.39. The molecular formula is C14H17ClN4O2. The van der Waals surface area contributed by atoms with Gasteiger partial charge in [0, 0.05) is 6.20 Å². The molecule has 6 nitrogen and oxygen atoms in total. The molecule has 0 radical (unpaired) electrons. The van der Waals surface area contributed by atoms with Crippen molar-refractivity contribution in [2.45, 2.75) is 24.9 Å². The van der Waals surface area contributed by atoms with Gasteiger partial charge in [-0.15, -0.1) is 12.4 Å². The maximum absolute atomic E-state index is 12.3. The van der Waals surface area contributed by atoms with Crippen LogP contribution in [0.25, 0.3) is 0 Å². The first kappa shape index (κ1) is 15.5. The van der Waals surface area contributed by atoms with E-state index in [9.17, 15) is 4.79 Å². The lowest BCUT2D eigenvalue weighted by atomic mass is 10.1. The Labute approximate surface area is 128 Å². The van der Waals surface area contributed by atoms with Gasteiger partial charge in [0.2, 0.25) is 5.91 Å². The highest BCUT2D eigenvalue weighted by atomic mass is 35.5. The van der Waals surface area contributed by atoms with E-state index in [1.54, 1.807) is 24.6 Å². The molecule has 112 valence electrons. The first-order chi connectivity index (χ1) is 9.84. The van der Waals surface area contributed by atoms with Gasteiger partial charge in [-0.1, -0.05) is 0 Å². The molecule has 1 aliphatic rings. The number of carbonyl (C=O) groups excluding carboxylic acids is 1. The topological polar surface area (TPSA) is 80.1 Å². The van der Waals surface area contributed by atoms with Crippen molar-refractivity contribution < 1.29 is 9.21 Å². The predicted octanol–water partition coefficient (Wildman–Crippen LogP) is 1.45. The molecule has 0 bridgehead atoms. The Balaban J connectivity index is 0.00000161. The van der Waals surface area contributed by atoms with Gasteiger partial charge in [-0.25, -0.2) is 9.97 Å². The van der Waals surface area contributed by atoms with Gasteiger partial charge in [0.25, 0.3) is 0 Å². The standard InChI is InChI=1S/C14H16N4O2.ClH/c19-14(11-3-1-6-16-11)18-13(12-4-2-8-20-12)10-5-7-15-9-17-10;/h2,4-5,7-9,11,13,16H,1,3,6H2,(H,18,19);1H. The van der Waals surface area contributed by atoms with Crippen LogP contribution in [-0.4, -0.2) is 28.5 Å². The van der Waals surface area contributed by atoms with E-state index in [4.69, 9.17) is 4.42 Å². The second-order valence-corrected chi connectivity index (χ2v) is 4.74. The molecule has 0 spiro atoms. The lowest BCUT2D eigenvalue weighted by molar-refractivity contribution is -0.123. The van der Waals surface area contributed by atoms with Crippen molar-refractivity contribution >= 4 is 18.3 Å². The number of aromatic nitrogens is 2. The molecule has 1 saturated heterocycles. The summed E-state index contributed by atoms with van der Waals surface area (Å²) >= 11 is 0. The maximum atomic E-state index is 12.3. The van der Waals surface area contributed by atoms with Crippen LogP contribution in [0, 0.1) is 0 Å². The van der Waals surface area contributed by atoms with Crippen molar-refractivity contribution in [1.82, 2.24) is 20.6 Å². The van der Waals surface area contributed by atoms with Gasteiger partial charge in [-0.05, 0) is 37.6 Å². The fourth-order valence-corrected chi connectivity index (χ4v) is 2.37. The van der Waals surface area contributed by atoms with E-state index in [0.29, 0.717) is 11.5 Å². The SMILES string of the molecule is Cl.O=C(NC(c1ccncn1)c1ccco1)C1CCCN1. The van der Waals surface area contributed by atoms with E-state index in [1.165, 1.54) is 6.33 Å². The molecule has 1 amide bonds. The Morgan fingerprint density at radius 2 is 2.38 bits per heavy atom. The zero-order valence-corrected chi connectivity index (χ0v) is 12.2. The van der Waals surface area contributed by atoms with Gasteiger partial charge in [-0.3, -0.25) is 4.79 Å². The van der Waals surface area contributed by atoms with Gasteiger partial charge >= 0.3 is 0 Å². The van der Waals surface area contributed by atoms with Crippen LogP contribution in [0.5, 0.6) is 0 Å². The first-order valence-corrected chi connectivity index (χ1v) is 6.67. The number of amides is 1. The smallest absolute Gasteiger partial charge is 0.238 e. The van der Waals surface area contributed by atoms with Crippen LogP contribution >= 0.6 is 12.4 Å². The molecule has 1 aliphatic heterocycles. The number of halogens is 1. The molecule has 2 aromatic heterocycles. The number of nitrogens with zero attached hydrogens (tertiary/aromatic N) is 2. The van der Waals surface area contributed by atoms with Crippen LogP contribution < -0.4 is 10.6 Å². The normalized spacial score (nSPS) is 18.8. The summed E-state index contributed by atoms with van der Waals surface area (Å²) in [5, 5.41) is 6.18. The van der Waals surface area contributed by atoms with Gasteiger partial charge < -0.3 is 15.1 Å². The van der Waals surface area contributed by atoms with Gasteiger partial charge in [0.05, 0.1) is 18.0 Å². The molecule has 0 aromatic carbocycles. The molecule has 3 heterocycles. The molecule has 7 heteroatoms. The van der Waals surface area contributed by atoms with Crippen molar-refractivity contribution in [2.75, 3.05) is 6.54 Å². The Kier molecular flexibility index (Phi) is 5.30. The Bertz CT molecular complexity index is 556. The maximum Gasteiger partial charge on any atom is 0.238 e. The Morgan fingerprint density at radius 3 is 3.00 bits per heavy atom. The van der Waals surface area contributed by atoms with E-state index in [1.807, 2.05) is 6.07 Å². The zero-order chi connectivity index (χ0) is 13.8. The number of furan rings is 1. The van der Waals surface area contributed by atoms with Crippen LogP contribution in [0.15, 0.2) is 41.4 Å². The third-order valence-electron chi connectivity index (χ3n) is 3.39. The highest BCUT2D eigenvalue weighted by molar-refractivity contribution is 5.85. The summed E-state index contributed by atoms with van der Waals surface area (Å²) in [5.41, 5.74) is 0.710. The fraction of sp³-hybridized carbons (Fsp3) is 0.357. The lowest BCUT2D eigenvalue weighted by Gasteiger charge is -2.18. The van der Waals surface area contributed by atoms with Crippen LogP contribution in [-0.2, 0) is 4.79 Å². The predicted molar refractivity (Wildman–Crippen MR) is 79.0 cm³/mol. The summed E-state index contributed by atoms with van der Waals surface area (Å²) in [5.74, 6) is 0.637. The minimum atomic E-state index is -0.386. The number of carbonyl (C=O) groups is 1. The van der Waals surface area contributed by atoms with Crippen molar-refractivity contribution in [3.05, 3.63) is 48.4 Å². The molecule has 2 N–H and O–H groups in total. The highest BCUT2D eigenvalue weighted by Gasteiger charge is 2.27. The van der Waals surface area contributed by atoms with Crippen LogP contribution in [0.2, 0.25) is 0 Å². The van der Waals surface area contributed by atoms with E-state index in [2.05, 4.69) is 20.6 Å². The molecule has 0 saturated carbocycles. The largest absolute Gasteiger partial charge is 0.467 e. The summed E-state index contributed by atoms with van der Waals surface area (Å²) in [7, 11) is 0. The average molecular weight is 309 g/mol. The van der Waals surface area contributed by atoms with E-state index >= 15 is 0 Å². The molecule has 2 atom stereocenters. The van der Waals surface area contributed by atoms with Gasteiger partial charge in [-0.2, -0.15) is 0 Å². The number of nitrogens with one attached hydrogen (secondary N) is 2. The molecular weight excluding hydrogens is 292 g/mol. The Hall–Kier alpha value is -1.92. The molecule has 2 unspecified atom stereocenters. The van der Waals surface area contributed by atoms with Crippen LogP contribution in [0.4, 0.5) is 0 Å². The molecule has 1 fully saturated rings. The van der Waals surface area contributed by atoms with Crippen molar-refractivity contribution in [2.24, 2.45) is 0 Å². The molecule has 2 aromatic rings. The highest BCUT2D eigenvalue weighted by Crippen LogP contribution is 2.21. The monoisotopic (exact) mass is 308 g/mol. The van der Waals surface area contributed by atoms with Crippen molar-refractivity contribution in [3.8, 4) is 0 Å². The van der Waals surface area contributed by atoms with E-state index in [0.717, 1.165) is 19.4 Å². The summed E-state index contributed by atoms with van der Waals surface area (Å²) in [6, 6.07) is 4.88. The number of hydrogen-bond donors (Lipinski definition) is 2. The van der Waals surface area contributed by atoms with E-state index in [-0.39, 0.29) is 30.4 Å². The van der Waals surface area contributed by atoms with Gasteiger partial charge in [0.1, 0.15) is 18.1 Å². The average Bonchev–Trinajstić information content (AvgIpc) is 3.18. The van der Waals surface area contributed by atoms with Crippen LogP contribution in [0.3, 0.4) is 0 Å². The zero-order valence-electron chi connectivity index (χ0n) is 11.4. The molecule has 0 aliphatic carbocycles. The van der Waals surface area contributed by atoms with Crippen LogP contribution in [0.1, 0.15) is 30.3 Å². The number of hydrogen-bond acceptors (Lipinski definition) is 5. The second-order valence-electron chi connectivity index (χ2n) is 4.74. The lowest BCUT2D eigenvalue weighted by Crippen LogP contribution is -2.42. The quantitative estimate of drug-likeness (QED) is 0.893. The third kappa shape index (κ3) is 3.59. The second kappa shape index (κ2) is 7.19. The minimum Gasteiger partial charge on any atom is -0.467 e. The van der Waals surface area contributed by atoms with Gasteiger partial charge in [0.15, 0.2) is 0 Å².